The highest BCUT2D eigenvalue weighted by molar-refractivity contribution is 9.08. The third kappa shape index (κ3) is 4.79. The lowest BCUT2D eigenvalue weighted by Crippen LogP contribution is -2.00. The van der Waals surface area contributed by atoms with E-state index in [-0.39, 0.29) is 5.97 Å². The molecule has 0 aliphatic carbocycles. The van der Waals surface area contributed by atoms with Crippen molar-refractivity contribution in [1.29, 1.82) is 0 Å². The van der Waals surface area contributed by atoms with Crippen LogP contribution in [0.5, 0.6) is 0 Å². The predicted octanol–water partition coefficient (Wildman–Crippen LogP) is 4.77. The molecule has 0 atom stereocenters. The van der Waals surface area contributed by atoms with E-state index in [1.165, 1.54) is 7.11 Å². The number of methoxy groups -OCH3 is 1. The first-order valence-corrected chi connectivity index (χ1v) is 7.55. The molecular weight excluding hydrogens is 339 g/mol. The molecule has 1 aromatic carbocycles. The third-order valence-corrected chi connectivity index (χ3v) is 3.97. The van der Waals surface area contributed by atoms with Crippen molar-refractivity contribution in [3.63, 3.8) is 0 Å². The standard InChI is InChI=1S/C13H15BrCl2O2/c1-18-13(17)5-3-2-4-9-6-12(16)10(8-14)7-11(9)15/h6-7H,2-5,8H2,1H3. The fraction of sp³-hybridized carbons (Fsp3) is 0.462. The molecule has 2 nitrogen and oxygen atoms in total. The summed E-state index contributed by atoms with van der Waals surface area (Å²) in [6, 6.07) is 3.78. The first kappa shape index (κ1) is 15.8. The number of rotatable bonds is 6. The third-order valence-electron chi connectivity index (χ3n) is 2.66. The van der Waals surface area contributed by atoms with Crippen molar-refractivity contribution >= 4 is 45.1 Å². The van der Waals surface area contributed by atoms with Gasteiger partial charge < -0.3 is 4.74 Å². The number of benzene rings is 1. The minimum Gasteiger partial charge on any atom is -0.469 e. The highest BCUT2D eigenvalue weighted by Crippen LogP contribution is 2.28. The summed E-state index contributed by atoms with van der Waals surface area (Å²) >= 11 is 15.7. The number of alkyl halides is 1. The molecule has 0 spiro atoms. The van der Waals surface area contributed by atoms with E-state index in [0.29, 0.717) is 11.8 Å². The quantitative estimate of drug-likeness (QED) is 0.418. The van der Waals surface area contributed by atoms with Crippen LogP contribution in [0.15, 0.2) is 12.1 Å². The van der Waals surface area contributed by atoms with Crippen molar-refractivity contribution in [2.24, 2.45) is 0 Å². The van der Waals surface area contributed by atoms with Gasteiger partial charge in [0.1, 0.15) is 0 Å². The van der Waals surface area contributed by atoms with Crippen molar-refractivity contribution in [3.05, 3.63) is 33.3 Å². The van der Waals surface area contributed by atoms with Gasteiger partial charge in [0.25, 0.3) is 0 Å². The van der Waals surface area contributed by atoms with E-state index in [1.54, 1.807) is 0 Å². The van der Waals surface area contributed by atoms with Crippen LogP contribution in [-0.2, 0) is 21.3 Å². The number of carbonyl (C=O) groups excluding carboxylic acids is 1. The number of halogens is 3. The van der Waals surface area contributed by atoms with Crippen molar-refractivity contribution in [2.75, 3.05) is 7.11 Å². The minimum atomic E-state index is -0.172. The first-order valence-electron chi connectivity index (χ1n) is 5.68. The Morgan fingerprint density at radius 1 is 1.22 bits per heavy atom. The second-order valence-corrected chi connectivity index (χ2v) is 5.33. The largest absolute Gasteiger partial charge is 0.469 e. The molecule has 0 bridgehead atoms. The molecule has 0 aromatic heterocycles. The minimum absolute atomic E-state index is 0.172. The van der Waals surface area contributed by atoms with E-state index < -0.39 is 0 Å². The van der Waals surface area contributed by atoms with Crippen molar-refractivity contribution in [2.45, 2.75) is 31.0 Å². The maximum atomic E-state index is 11.0. The Bertz CT molecular complexity index is 422. The second kappa shape index (κ2) is 8.03. The fourth-order valence-electron chi connectivity index (χ4n) is 1.61. The highest BCUT2D eigenvalue weighted by atomic mass is 79.9. The number of unbranched alkanes of at least 4 members (excludes halogenated alkanes) is 1. The van der Waals surface area contributed by atoms with Gasteiger partial charge in [-0.05, 0) is 42.5 Å². The van der Waals surface area contributed by atoms with Crippen LogP contribution in [0, 0.1) is 0 Å². The summed E-state index contributed by atoms with van der Waals surface area (Å²) in [5.74, 6) is -0.172. The van der Waals surface area contributed by atoms with Crippen molar-refractivity contribution in [3.8, 4) is 0 Å². The summed E-state index contributed by atoms with van der Waals surface area (Å²) in [5.41, 5.74) is 2.01. The zero-order chi connectivity index (χ0) is 13.5. The van der Waals surface area contributed by atoms with Gasteiger partial charge in [0.2, 0.25) is 0 Å². The number of ether oxygens (including phenoxy) is 1. The molecule has 0 N–H and O–H groups in total. The SMILES string of the molecule is COC(=O)CCCCc1cc(Cl)c(CBr)cc1Cl. The van der Waals surface area contributed by atoms with Crippen LogP contribution < -0.4 is 0 Å². The topological polar surface area (TPSA) is 26.3 Å². The number of carbonyl (C=O) groups is 1. The molecule has 0 heterocycles. The highest BCUT2D eigenvalue weighted by Gasteiger charge is 2.07. The van der Waals surface area contributed by atoms with Crippen LogP contribution >= 0.6 is 39.1 Å². The summed E-state index contributed by atoms with van der Waals surface area (Å²) in [5, 5.41) is 2.14. The summed E-state index contributed by atoms with van der Waals surface area (Å²) in [6.07, 6.45) is 2.94. The Balaban J connectivity index is 2.52. The van der Waals surface area contributed by atoms with Gasteiger partial charge in [-0.25, -0.2) is 0 Å². The maximum Gasteiger partial charge on any atom is 0.305 e. The average molecular weight is 354 g/mol. The first-order chi connectivity index (χ1) is 8.58. The molecule has 0 saturated heterocycles. The van der Waals surface area contributed by atoms with Gasteiger partial charge in [-0.1, -0.05) is 39.1 Å². The van der Waals surface area contributed by atoms with Gasteiger partial charge in [-0.15, -0.1) is 0 Å². The molecule has 0 radical (unpaired) electrons. The van der Waals surface area contributed by atoms with Gasteiger partial charge in [-0.2, -0.15) is 0 Å². The second-order valence-electron chi connectivity index (χ2n) is 3.95. The van der Waals surface area contributed by atoms with E-state index in [0.717, 1.165) is 40.4 Å². The molecule has 1 rings (SSSR count). The van der Waals surface area contributed by atoms with E-state index >= 15 is 0 Å². The van der Waals surface area contributed by atoms with Crippen LogP contribution in [0.4, 0.5) is 0 Å². The Morgan fingerprint density at radius 3 is 2.44 bits per heavy atom. The predicted molar refractivity (Wildman–Crippen MR) is 78.7 cm³/mol. The molecule has 5 heteroatoms. The van der Waals surface area contributed by atoms with Gasteiger partial charge in [0.15, 0.2) is 0 Å². The van der Waals surface area contributed by atoms with Crippen LogP contribution in [0.3, 0.4) is 0 Å². The lowest BCUT2D eigenvalue weighted by atomic mass is 10.1. The molecule has 18 heavy (non-hydrogen) atoms. The molecule has 0 amide bonds. The van der Waals surface area contributed by atoms with Crippen LogP contribution in [0.25, 0.3) is 0 Å². The molecule has 100 valence electrons. The van der Waals surface area contributed by atoms with E-state index in [4.69, 9.17) is 23.2 Å². The monoisotopic (exact) mass is 352 g/mol. The maximum absolute atomic E-state index is 11.0. The smallest absolute Gasteiger partial charge is 0.305 e. The fourth-order valence-corrected chi connectivity index (χ4v) is 2.77. The Hall–Kier alpha value is -0.250. The molecule has 0 saturated carbocycles. The van der Waals surface area contributed by atoms with Crippen molar-refractivity contribution < 1.29 is 9.53 Å². The Labute approximate surface area is 126 Å². The van der Waals surface area contributed by atoms with Gasteiger partial charge >= 0.3 is 5.97 Å². The molecule has 1 aromatic rings. The van der Waals surface area contributed by atoms with E-state index in [9.17, 15) is 4.79 Å². The van der Waals surface area contributed by atoms with Crippen molar-refractivity contribution in [1.82, 2.24) is 0 Å². The molecule has 0 aliphatic heterocycles. The summed E-state index contributed by atoms with van der Waals surface area (Å²) < 4.78 is 4.58. The normalized spacial score (nSPS) is 10.4. The molecule has 0 aliphatic rings. The molecule has 0 fully saturated rings. The van der Waals surface area contributed by atoms with Gasteiger partial charge in [0, 0.05) is 21.8 Å². The number of hydrogen-bond acceptors (Lipinski definition) is 2. The Morgan fingerprint density at radius 2 is 1.83 bits per heavy atom. The van der Waals surface area contributed by atoms with Crippen LogP contribution in [-0.4, -0.2) is 13.1 Å². The molecular formula is C13H15BrCl2O2. The number of hydrogen-bond donors (Lipinski definition) is 0. The van der Waals surface area contributed by atoms with E-state index in [2.05, 4.69) is 20.7 Å². The number of esters is 1. The average Bonchev–Trinajstić information content (AvgIpc) is 2.37. The zero-order valence-electron chi connectivity index (χ0n) is 10.1. The zero-order valence-corrected chi connectivity index (χ0v) is 13.2. The van der Waals surface area contributed by atoms with Gasteiger partial charge in [0.05, 0.1) is 7.11 Å². The molecule has 0 unspecified atom stereocenters. The summed E-state index contributed by atoms with van der Waals surface area (Å²) in [4.78, 5) is 11.0. The number of aryl methyl sites for hydroxylation is 1. The lowest BCUT2D eigenvalue weighted by molar-refractivity contribution is -0.140. The lowest BCUT2D eigenvalue weighted by Gasteiger charge is -2.08. The van der Waals surface area contributed by atoms with E-state index in [1.807, 2.05) is 12.1 Å². The van der Waals surface area contributed by atoms with Crippen LogP contribution in [0.2, 0.25) is 10.0 Å². The Kier molecular flexibility index (Phi) is 7.05. The summed E-state index contributed by atoms with van der Waals surface area (Å²) in [6.45, 7) is 0. The summed E-state index contributed by atoms with van der Waals surface area (Å²) in [7, 11) is 1.40. The van der Waals surface area contributed by atoms with Gasteiger partial charge in [-0.3, -0.25) is 4.79 Å². The van der Waals surface area contributed by atoms with Crippen LogP contribution in [0.1, 0.15) is 30.4 Å².